The molecule has 0 aliphatic rings. The van der Waals surface area contributed by atoms with E-state index in [1.807, 2.05) is 24.4 Å². The van der Waals surface area contributed by atoms with Crippen LogP contribution in [-0.2, 0) is 0 Å². The van der Waals surface area contributed by atoms with E-state index in [2.05, 4.69) is 29.0 Å². The Hall–Kier alpha value is -1.83. The number of H-pyrrole nitrogens is 1. The molecule has 0 saturated heterocycles. The summed E-state index contributed by atoms with van der Waals surface area (Å²) in [4.78, 5) is 7.48. The monoisotopic (exact) mass is 181 g/mol. The Morgan fingerprint density at radius 2 is 1.93 bits per heavy atom. The van der Waals surface area contributed by atoms with Crippen molar-refractivity contribution in [1.82, 2.24) is 9.97 Å². The van der Waals surface area contributed by atoms with Crippen LogP contribution in [-0.4, -0.2) is 9.97 Å². The first-order valence-electron chi connectivity index (χ1n) is 4.53. The van der Waals surface area contributed by atoms with Crippen molar-refractivity contribution in [2.24, 2.45) is 0 Å². The van der Waals surface area contributed by atoms with Gasteiger partial charge in [-0.15, -0.1) is 0 Å². The Morgan fingerprint density at radius 1 is 1.07 bits per heavy atom. The molecule has 0 amide bonds. The fourth-order valence-corrected chi connectivity index (χ4v) is 1.79. The fraction of sp³-hybridized carbons (Fsp3) is 0. The average Bonchev–Trinajstić information content (AvgIpc) is 2.56. The van der Waals surface area contributed by atoms with Crippen LogP contribution < -0.4 is 0 Å². The Labute approximate surface area is 81.6 Å². The van der Waals surface area contributed by atoms with Crippen molar-refractivity contribution < 1.29 is 0 Å². The van der Waals surface area contributed by atoms with E-state index < -0.39 is 0 Å². The molecule has 0 aliphatic heterocycles. The van der Waals surface area contributed by atoms with Gasteiger partial charge in [-0.2, -0.15) is 0 Å². The van der Waals surface area contributed by atoms with Crippen LogP contribution in [0.3, 0.4) is 0 Å². The van der Waals surface area contributed by atoms with Crippen molar-refractivity contribution in [3.8, 4) is 0 Å². The van der Waals surface area contributed by atoms with E-state index in [-0.39, 0.29) is 0 Å². The lowest BCUT2D eigenvalue weighted by molar-refractivity contribution is 1.29. The maximum Gasteiger partial charge on any atom is 0.0651 e. The van der Waals surface area contributed by atoms with Crippen molar-refractivity contribution in [3.63, 3.8) is 0 Å². The van der Waals surface area contributed by atoms with Crippen LogP contribution in [0.5, 0.6) is 0 Å². The molecule has 1 N–H and O–H groups in total. The summed E-state index contributed by atoms with van der Waals surface area (Å²) >= 11 is 0. The number of hydrogen-bond donors (Lipinski definition) is 1. The van der Waals surface area contributed by atoms with E-state index in [0.29, 0.717) is 0 Å². The molecule has 0 unspecified atom stereocenters. The van der Waals surface area contributed by atoms with Crippen molar-refractivity contribution in [1.29, 1.82) is 0 Å². The third-order valence-electron chi connectivity index (χ3n) is 2.45. The van der Waals surface area contributed by atoms with Gasteiger partial charge in [0.05, 0.1) is 11.7 Å². The zero-order valence-corrected chi connectivity index (χ0v) is 7.62. The number of hydrogen-bond acceptors (Lipinski definition) is 1. The Bertz CT molecular complexity index is 608. The third-order valence-corrected chi connectivity index (χ3v) is 2.45. The smallest absolute Gasteiger partial charge is 0.0651 e. The average molecular weight is 181 g/mol. The summed E-state index contributed by atoms with van der Waals surface area (Å²) in [5.74, 6) is 0. The van der Waals surface area contributed by atoms with E-state index in [4.69, 9.17) is 0 Å². The second kappa shape index (κ2) is 2.58. The summed E-state index contributed by atoms with van der Waals surface area (Å²) < 4.78 is 0. The summed E-state index contributed by atoms with van der Waals surface area (Å²) in [7, 11) is 0. The van der Waals surface area contributed by atoms with Gasteiger partial charge >= 0.3 is 0 Å². The molecule has 14 heavy (non-hydrogen) atoms. The Balaban J connectivity index is 2.58. The molecule has 0 fully saturated rings. The van der Waals surface area contributed by atoms with Crippen LogP contribution in [0.2, 0.25) is 0 Å². The molecule has 0 saturated carbocycles. The van der Waals surface area contributed by atoms with E-state index in [1.54, 1.807) is 0 Å². The van der Waals surface area contributed by atoms with Crippen LogP contribution in [0, 0.1) is 6.92 Å². The molecule has 2 heteroatoms. The summed E-state index contributed by atoms with van der Waals surface area (Å²) in [6.07, 6.45) is 1.83. The van der Waals surface area contributed by atoms with E-state index in [0.717, 1.165) is 16.7 Å². The summed E-state index contributed by atoms with van der Waals surface area (Å²) in [5.41, 5.74) is 3.02. The van der Waals surface area contributed by atoms with Gasteiger partial charge in [0.25, 0.3) is 0 Å². The number of rotatable bonds is 0. The topological polar surface area (TPSA) is 28.7 Å². The van der Waals surface area contributed by atoms with Gasteiger partial charge in [-0.3, -0.25) is 4.98 Å². The number of aromatic nitrogens is 2. The first kappa shape index (κ1) is 7.56. The number of pyridine rings is 1. The minimum atomic E-state index is 0.808. The minimum absolute atomic E-state index is 0.808. The highest BCUT2D eigenvalue weighted by atomic mass is 14.8. The predicted molar refractivity (Wildman–Crippen MR) is 58.1 cm³/mol. The molecule has 0 bridgehead atoms. The zero-order chi connectivity index (χ0) is 9.54. The minimum Gasteiger partial charge on any atom is -0.353 e. The van der Waals surface area contributed by atoms with Gasteiger partial charge in [0.1, 0.15) is 0 Å². The molecule has 2 aromatic heterocycles. The molecule has 1 radical (unpaired) electrons. The first-order chi connectivity index (χ1) is 6.84. The first-order valence-corrected chi connectivity index (χ1v) is 4.53. The van der Waals surface area contributed by atoms with Crippen molar-refractivity contribution >= 4 is 21.8 Å². The standard InChI is InChI=1S/C12H9N2/c1-8-6-10-9-4-2-3-5-11(9)14-12(10)7-13-8/h2-7,14H,1H2. The summed E-state index contributed by atoms with van der Waals surface area (Å²) in [5, 5.41) is 2.43. The highest BCUT2D eigenvalue weighted by Crippen LogP contribution is 2.24. The molecule has 2 nitrogen and oxygen atoms in total. The SMILES string of the molecule is [CH2]c1cc2c(cn1)[nH]c1ccccc12. The normalized spacial score (nSPS) is 11.2. The van der Waals surface area contributed by atoms with Crippen molar-refractivity contribution in [2.75, 3.05) is 0 Å². The van der Waals surface area contributed by atoms with Gasteiger partial charge < -0.3 is 4.98 Å². The van der Waals surface area contributed by atoms with E-state index in [9.17, 15) is 0 Å². The van der Waals surface area contributed by atoms with E-state index >= 15 is 0 Å². The second-order valence-corrected chi connectivity index (χ2v) is 3.39. The molecular weight excluding hydrogens is 172 g/mol. The molecule has 0 aliphatic carbocycles. The number of nitrogens with one attached hydrogen (secondary N) is 1. The fourth-order valence-electron chi connectivity index (χ4n) is 1.79. The van der Waals surface area contributed by atoms with Crippen LogP contribution in [0.1, 0.15) is 5.69 Å². The molecule has 2 heterocycles. The Kier molecular flexibility index (Phi) is 1.39. The number of para-hydroxylation sites is 1. The summed E-state index contributed by atoms with van der Waals surface area (Å²) in [6.45, 7) is 3.83. The number of nitrogens with zero attached hydrogens (tertiary/aromatic N) is 1. The van der Waals surface area contributed by atoms with Gasteiger partial charge in [-0.1, -0.05) is 18.2 Å². The third kappa shape index (κ3) is 0.940. The lowest BCUT2D eigenvalue weighted by Gasteiger charge is -1.91. The van der Waals surface area contributed by atoms with Crippen LogP contribution in [0.25, 0.3) is 21.8 Å². The highest BCUT2D eigenvalue weighted by Gasteiger charge is 2.02. The van der Waals surface area contributed by atoms with Crippen LogP contribution >= 0.6 is 0 Å². The van der Waals surface area contributed by atoms with E-state index in [1.165, 1.54) is 10.8 Å². The maximum absolute atomic E-state index is 4.16. The van der Waals surface area contributed by atoms with Crippen LogP contribution in [0.15, 0.2) is 36.5 Å². The number of benzene rings is 1. The number of aromatic amines is 1. The van der Waals surface area contributed by atoms with Gasteiger partial charge in [0.15, 0.2) is 0 Å². The van der Waals surface area contributed by atoms with Crippen LogP contribution in [0.4, 0.5) is 0 Å². The van der Waals surface area contributed by atoms with Gasteiger partial charge in [-0.05, 0) is 19.1 Å². The maximum atomic E-state index is 4.16. The molecule has 3 rings (SSSR count). The second-order valence-electron chi connectivity index (χ2n) is 3.39. The van der Waals surface area contributed by atoms with Gasteiger partial charge in [0.2, 0.25) is 0 Å². The molecule has 1 aromatic carbocycles. The molecule has 0 spiro atoms. The van der Waals surface area contributed by atoms with Crippen molar-refractivity contribution in [2.45, 2.75) is 0 Å². The van der Waals surface area contributed by atoms with Gasteiger partial charge in [0, 0.05) is 22.0 Å². The Morgan fingerprint density at radius 3 is 2.86 bits per heavy atom. The highest BCUT2D eigenvalue weighted by molar-refractivity contribution is 6.06. The summed E-state index contributed by atoms with van der Waals surface area (Å²) in [6, 6.07) is 10.2. The van der Waals surface area contributed by atoms with Gasteiger partial charge in [-0.25, -0.2) is 0 Å². The molecule has 67 valence electrons. The van der Waals surface area contributed by atoms with Crippen molar-refractivity contribution in [3.05, 3.63) is 49.1 Å². The number of fused-ring (bicyclic) bond motifs is 3. The predicted octanol–water partition coefficient (Wildman–Crippen LogP) is 2.90. The molecular formula is C12H9N2. The quantitative estimate of drug-likeness (QED) is 0.567. The lowest BCUT2D eigenvalue weighted by Crippen LogP contribution is -1.77. The molecule has 0 atom stereocenters. The lowest BCUT2D eigenvalue weighted by atomic mass is 10.2. The zero-order valence-electron chi connectivity index (χ0n) is 7.62. The molecule has 3 aromatic rings. The largest absolute Gasteiger partial charge is 0.353 e.